The Hall–Kier alpha value is -0.530. The van der Waals surface area contributed by atoms with Crippen LogP contribution in [0.3, 0.4) is 0 Å². The quantitative estimate of drug-likeness (QED) is 0.282. The Kier molecular flexibility index (Phi) is 10.9. The molecule has 1 rings (SSSR count). The first-order valence-corrected chi connectivity index (χ1v) is 8.99. The van der Waals surface area contributed by atoms with E-state index in [2.05, 4.69) is 36.4 Å². The van der Waals surface area contributed by atoms with Gasteiger partial charge < -0.3 is 15.5 Å². The predicted molar refractivity (Wildman–Crippen MR) is 113 cm³/mol. The van der Waals surface area contributed by atoms with Gasteiger partial charge in [-0.15, -0.1) is 24.0 Å². The van der Waals surface area contributed by atoms with Gasteiger partial charge >= 0.3 is 0 Å². The number of nitrogens with zero attached hydrogens (tertiary/aromatic N) is 2. The zero-order valence-electron chi connectivity index (χ0n) is 16.3. The SMILES string of the molecule is CN=C(NCCCCC(C)(C)C)NC1CCN(C(=O)C(C)C)C1.I. The fourth-order valence-corrected chi connectivity index (χ4v) is 2.82. The number of carbonyl (C=O) groups excluding carboxylic acids is 1. The number of halogens is 1. The second-order valence-electron chi connectivity index (χ2n) is 8.09. The van der Waals surface area contributed by atoms with Crippen molar-refractivity contribution < 1.29 is 4.79 Å². The Morgan fingerprint density at radius 2 is 1.96 bits per heavy atom. The first-order chi connectivity index (χ1) is 10.7. The van der Waals surface area contributed by atoms with Crippen molar-refractivity contribution in [1.82, 2.24) is 15.5 Å². The molecule has 0 bridgehead atoms. The molecule has 1 heterocycles. The van der Waals surface area contributed by atoms with E-state index in [1.54, 1.807) is 7.05 Å². The van der Waals surface area contributed by atoms with E-state index in [1.807, 2.05) is 18.7 Å². The molecule has 0 aromatic rings. The monoisotopic (exact) mass is 452 g/mol. The number of amides is 1. The lowest BCUT2D eigenvalue weighted by Gasteiger charge is -2.21. The fourth-order valence-electron chi connectivity index (χ4n) is 2.82. The summed E-state index contributed by atoms with van der Waals surface area (Å²) in [5.74, 6) is 1.18. The summed E-state index contributed by atoms with van der Waals surface area (Å²) in [5, 5.41) is 6.83. The minimum Gasteiger partial charge on any atom is -0.356 e. The molecule has 142 valence electrons. The van der Waals surface area contributed by atoms with Crippen molar-refractivity contribution in [2.24, 2.45) is 16.3 Å². The molecule has 1 fully saturated rings. The average Bonchev–Trinajstić information content (AvgIpc) is 2.91. The highest BCUT2D eigenvalue weighted by Crippen LogP contribution is 2.21. The van der Waals surface area contributed by atoms with Gasteiger partial charge in [0.2, 0.25) is 5.91 Å². The molecule has 1 amide bonds. The van der Waals surface area contributed by atoms with Crippen LogP contribution in [0.25, 0.3) is 0 Å². The second-order valence-corrected chi connectivity index (χ2v) is 8.09. The van der Waals surface area contributed by atoms with Crippen molar-refractivity contribution in [2.45, 2.75) is 66.3 Å². The number of hydrogen-bond acceptors (Lipinski definition) is 2. The molecule has 0 aliphatic carbocycles. The molecule has 24 heavy (non-hydrogen) atoms. The minimum absolute atomic E-state index is 0. The summed E-state index contributed by atoms with van der Waals surface area (Å²) < 4.78 is 0. The van der Waals surface area contributed by atoms with Crippen LogP contribution in [0.2, 0.25) is 0 Å². The van der Waals surface area contributed by atoms with Crippen LogP contribution in [0.5, 0.6) is 0 Å². The maximum absolute atomic E-state index is 12.0. The molecule has 0 spiro atoms. The van der Waals surface area contributed by atoms with E-state index in [-0.39, 0.29) is 35.8 Å². The van der Waals surface area contributed by atoms with Crippen molar-refractivity contribution in [2.75, 3.05) is 26.7 Å². The summed E-state index contributed by atoms with van der Waals surface area (Å²) in [6, 6.07) is 0.304. The summed E-state index contributed by atoms with van der Waals surface area (Å²) in [6.45, 7) is 13.3. The summed E-state index contributed by atoms with van der Waals surface area (Å²) in [5.41, 5.74) is 0.413. The van der Waals surface area contributed by atoms with Gasteiger partial charge in [0.15, 0.2) is 5.96 Å². The zero-order valence-corrected chi connectivity index (χ0v) is 18.6. The second kappa shape index (κ2) is 11.2. The number of carbonyl (C=O) groups is 1. The Morgan fingerprint density at radius 1 is 1.29 bits per heavy atom. The number of aliphatic imine (C=N–C) groups is 1. The van der Waals surface area contributed by atoms with Crippen LogP contribution in [0.4, 0.5) is 0 Å². The molecule has 0 aromatic heterocycles. The minimum atomic E-state index is 0. The zero-order chi connectivity index (χ0) is 17.5. The largest absolute Gasteiger partial charge is 0.356 e. The summed E-state index contributed by atoms with van der Waals surface area (Å²) in [6.07, 6.45) is 4.62. The van der Waals surface area contributed by atoms with Gasteiger partial charge in [0.05, 0.1) is 0 Å². The number of rotatable bonds is 6. The van der Waals surface area contributed by atoms with Crippen molar-refractivity contribution in [3.05, 3.63) is 0 Å². The van der Waals surface area contributed by atoms with Crippen LogP contribution in [0.15, 0.2) is 4.99 Å². The molecule has 1 aliphatic rings. The summed E-state index contributed by atoms with van der Waals surface area (Å²) in [4.78, 5) is 18.3. The first kappa shape index (κ1) is 23.5. The van der Waals surface area contributed by atoms with Gasteiger partial charge in [-0.2, -0.15) is 0 Å². The fraction of sp³-hybridized carbons (Fsp3) is 0.889. The topological polar surface area (TPSA) is 56.7 Å². The van der Waals surface area contributed by atoms with Gasteiger partial charge in [0.25, 0.3) is 0 Å². The van der Waals surface area contributed by atoms with Crippen LogP contribution in [-0.4, -0.2) is 49.5 Å². The van der Waals surface area contributed by atoms with E-state index < -0.39 is 0 Å². The molecule has 2 N–H and O–H groups in total. The van der Waals surface area contributed by atoms with Gasteiger partial charge in [-0.05, 0) is 24.7 Å². The van der Waals surface area contributed by atoms with Gasteiger partial charge in [-0.1, -0.05) is 41.0 Å². The van der Waals surface area contributed by atoms with Crippen LogP contribution in [0.1, 0.15) is 60.3 Å². The molecule has 5 nitrogen and oxygen atoms in total. The molecule has 0 saturated carbocycles. The normalized spacial score (nSPS) is 18.5. The van der Waals surface area contributed by atoms with Gasteiger partial charge in [0.1, 0.15) is 0 Å². The highest BCUT2D eigenvalue weighted by molar-refractivity contribution is 14.0. The van der Waals surface area contributed by atoms with Crippen LogP contribution in [-0.2, 0) is 4.79 Å². The average molecular weight is 452 g/mol. The van der Waals surface area contributed by atoms with Gasteiger partial charge in [-0.3, -0.25) is 9.79 Å². The van der Waals surface area contributed by atoms with Crippen LogP contribution in [0, 0.1) is 11.3 Å². The number of unbranched alkanes of at least 4 members (excludes halogenated alkanes) is 1. The number of likely N-dealkylation sites (tertiary alicyclic amines) is 1. The van der Waals surface area contributed by atoms with Crippen LogP contribution >= 0.6 is 24.0 Å². The maximum Gasteiger partial charge on any atom is 0.225 e. The lowest BCUT2D eigenvalue weighted by molar-refractivity contribution is -0.133. The Labute approximate surface area is 165 Å². The Morgan fingerprint density at radius 3 is 2.50 bits per heavy atom. The molecule has 1 saturated heterocycles. The lowest BCUT2D eigenvalue weighted by Crippen LogP contribution is -2.45. The molecular formula is C18H37IN4O. The predicted octanol–water partition coefficient (Wildman–Crippen LogP) is 3.24. The van der Waals surface area contributed by atoms with E-state index in [0.29, 0.717) is 11.5 Å². The summed E-state index contributed by atoms with van der Waals surface area (Å²) >= 11 is 0. The van der Waals surface area contributed by atoms with E-state index in [0.717, 1.165) is 38.4 Å². The third-order valence-electron chi connectivity index (χ3n) is 4.20. The Bertz CT molecular complexity index is 404. The smallest absolute Gasteiger partial charge is 0.225 e. The first-order valence-electron chi connectivity index (χ1n) is 8.99. The molecular weight excluding hydrogens is 415 g/mol. The molecule has 6 heteroatoms. The van der Waals surface area contributed by atoms with Gasteiger partial charge in [-0.25, -0.2) is 0 Å². The highest BCUT2D eigenvalue weighted by Gasteiger charge is 2.27. The molecule has 1 aliphatic heterocycles. The molecule has 0 radical (unpaired) electrons. The van der Waals surface area contributed by atoms with E-state index in [4.69, 9.17) is 0 Å². The van der Waals surface area contributed by atoms with E-state index >= 15 is 0 Å². The molecule has 0 aromatic carbocycles. The van der Waals surface area contributed by atoms with Crippen molar-refractivity contribution >= 4 is 35.8 Å². The van der Waals surface area contributed by atoms with E-state index in [1.165, 1.54) is 12.8 Å². The van der Waals surface area contributed by atoms with Crippen molar-refractivity contribution in [3.8, 4) is 0 Å². The molecule has 1 atom stereocenters. The third kappa shape index (κ3) is 9.08. The van der Waals surface area contributed by atoms with Crippen LogP contribution < -0.4 is 10.6 Å². The number of hydrogen-bond donors (Lipinski definition) is 2. The van der Waals surface area contributed by atoms with Crippen molar-refractivity contribution in [1.29, 1.82) is 0 Å². The van der Waals surface area contributed by atoms with Gasteiger partial charge in [0, 0.05) is 38.6 Å². The summed E-state index contributed by atoms with van der Waals surface area (Å²) in [7, 11) is 1.80. The van der Waals surface area contributed by atoms with Crippen molar-refractivity contribution in [3.63, 3.8) is 0 Å². The number of nitrogens with one attached hydrogen (secondary N) is 2. The lowest BCUT2D eigenvalue weighted by atomic mass is 9.90. The number of guanidine groups is 1. The maximum atomic E-state index is 12.0. The molecule has 1 unspecified atom stereocenters. The highest BCUT2D eigenvalue weighted by atomic mass is 127. The van der Waals surface area contributed by atoms with E-state index in [9.17, 15) is 4.79 Å². The standard InChI is InChI=1S/C18H36N4O.HI/c1-14(2)16(23)22-12-9-15(13-22)21-17(19-6)20-11-8-7-10-18(3,4)5;/h14-15H,7-13H2,1-6H3,(H2,19,20,21);1H. The Balaban J connectivity index is 0.00000529. The third-order valence-corrected chi connectivity index (χ3v) is 4.20.